The molecule has 0 heterocycles. The van der Waals surface area contributed by atoms with E-state index in [4.69, 9.17) is 14.2 Å². The van der Waals surface area contributed by atoms with Gasteiger partial charge in [-0.3, -0.25) is 14.4 Å². The first kappa shape index (κ1) is 60.4. The van der Waals surface area contributed by atoms with Gasteiger partial charge in [0.05, 0.1) is 0 Å². The zero-order chi connectivity index (χ0) is 45.4. The van der Waals surface area contributed by atoms with Crippen LogP contribution >= 0.6 is 0 Å². The first-order valence-electron chi connectivity index (χ1n) is 27.8. The summed E-state index contributed by atoms with van der Waals surface area (Å²) >= 11 is 0. The summed E-state index contributed by atoms with van der Waals surface area (Å²) in [6.45, 7) is 11.4. The van der Waals surface area contributed by atoms with Crippen molar-refractivity contribution in [3.8, 4) is 0 Å². The Labute approximate surface area is 387 Å². The second-order valence-corrected chi connectivity index (χ2v) is 19.9. The van der Waals surface area contributed by atoms with Gasteiger partial charge in [0.1, 0.15) is 13.2 Å². The number of rotatable bonds is 50. The van der Waals surface area contributed by atoms with E-state index in [-0.39, 0.29) is 31.1 Å². The van der Waals surface area contributed by atoms with Gasteiger partial charge in [-0.2, -0.15) is 0 Å². The van der Waals surface area contributed by atoms with E-state index >= 15 is 0 Å². The van der Waals surface area contributed by atoms with Crippen LogP contribution in [-0.2, 0) is 28.6 Å². The van der Waals surface area contributed by atoms with Crippen LogP contribution in [0.25, 0.3) is 0 Å². The van der Waals surface area contributed by atoms with Crippen molar-refractivity contribution in [2.24, 2.45) is 11.8 Å². The molecule has 2 atom stereocenters. The number of hydrogen-bond acceptors (Lipinski definition) is 6. The quantitative estimate of drug-likeness (QED) is 0.0344. The molecule has 0 saturated carbocycles. The van der Waals surface area contributed by atoms with Crippen LogP contribution in [0.2, 0.25) is 0 Å². The molecule has 0 amide bonds. The van der Waals surface area contributed by atoms with Crippen molar-refractivity contribution in [3.05, 3.63) is 0 Å². The number of unbranched alkanes of at least 4 members (excludes halogenated alkanes) is 34. The van der Waals surface area contributed by atoms with Crippen LogP contribution in [0, 0.1) is 11.8 Å². The van der Waals surface area contributed by atoms with Crippen LogP contribution in [-0.4, -0.2) is 37.2 Å². The standard InChI is InChI=1S/C56H108O6/c1-6-8-9-10-11-12-13-14-15-16-17-18-19-20-21-26-33-38-43-48-56(59)62-53(50-61-55(58)47-42-37-32-28-27-30-35-40-45-52(5)7-2)49-60-54(57)46-41-36-31-25-23-22-24-29-34-39-44-51(3)4/h51-53H,6-50H2,1-5H3/t52?,53-/m0/s1. The van der Waals surface area contributed by atoms with Crippen molar-refractivity contribution in [2.45, 2.75) is 317 Å². The van der Waals surface area contributed by atoms with Gasteiger partial charge in [0, 0.05) is 19.3 Å². The molecule has 0 bridgehead atoms. The zero-order valence-electron chi connectivity index (χ0n) is 42.5. The van der Waals surface area contributed by atoms with Gasteiger partial charge in [-0.15, -0.1) is 0 Å². The molecule has 0 spiro atoms. The summed E-state index contributed by atoms with van der Waals surface area (Å²) in [7, 11) is 0. The fourth-order valence-corrected chi connectivity index (χ4v) is 8.49. The third kappa shape index (κ3) is 47.9. The van der Waals surface area contributed by atoms with Crippen LogP contribution < -0.4 is 0 Å². The first-order valence-corrected chi connectivity index (χ1v) is 27.8. The third-order valence-corrected chi connectivity index (χ3v) is 13.1. The third-order valence-electron chi connectivity index (χ3n) is 13.1. The van der Waals surface area contributed by atoms with Crippen molar-refractivity contribution < 1.29 is 28.6 Å². The van der Waals surface area contributed by atoms with Crippen LogP contribution in [0.3, 0.4) is 0 Å². The molecule has 62 heavy (non-hydrogen) atoms. The summed E-state index contributed by atoms with van der Waals surface area (Å²) < 4.78 is 16.8. The van der Waals surface area contributed by atoms with Gasteiger partial charge in [-0.05, 0) is 31.1 Å². The predicted octanol–water partition coefficient (Wildman–Crippen LogP) is 18.1. The minimum Gasteiger partial charge on any atom is -0.462 e. The van der Waals surface area contributed by atoms with Crippen LogP contribution in [0.1, 0.15) is 311 Å². The van der Waals surface area contributed by atoms with E-state index in [1.807, 2.05) is 0 Å². The largest absolute Gasteiger partial charge is 0.462 e. The van der Waals surface area contributed by atoms with E-state index in [9.17, 15) is 14.4 Å². The Bertz CT molecular complexity index is 949. The minimum atomic E-state index is -0.763. The Balaban J connectivity index is 4.28. The van der Waals surface area contributed by atoms with Crippen LogP contribution in [0.15, 0.2) is 0 Å². The summed E-state index contributed by atoms with van der Waals surface area (Å²) in [6.07, 6.45) is 50.9. The van der Waals surface area contributed by atoms with Crippen molar-refractivity contribution in [3.63, 3.8) is 0 Å². The Kier molecular flexibility index (Phi) is 47.6. The first-order chi connectivity index (χ1) is 30.3. The zero-order valence-corrected chi connectivity index (χ0v) is 42.5. The number of ether oxygens (including phenoxy) is 3. The highest BCUT2D eigenvalue weighted by atomic mass is 16.6. The molecule has 0 aliphatic heterocycles. The molecule has 0 aromatic carbocycles. The van der Waals surface area contributed by atoms with E-state index in [1.165, 1.54) is 199 Å². The number of esters is 3. The molecule has 0 fully saturated rings. The van der Waals surface area contributed by atoms with E-state index in [2.05, 4.69) is 34.6 Å². The molecule has 0 aromatic rings. The van der Waals surface area contributed by atoms with Gasteiger partial charge >= 0.3 is 17.9 Å². The van der Waals surface area contributed by atoms with Gasteiger partial charge in [0.25, 0.3) is 0 Å². The molecular formula is C56H108O6. The second-order valence-electron chi connectivity index (χ2n) is 19.9. The lowest BCUT2D eigenvalue weighted by Crippen LogP contribution is -2.30. The summed E-state index contributed by atoms with van der Waals surface area (Å²) in [5.41, 5.74) is 0. The van der Waals surface area contributed by atoms with E-state index < -0.39 is 6.10 Å². The maximum atomic E-state index is 12.8. The molecule has 0 N–H and O–H groups in total. The molecule has 0 rings (SSSR count). The van der Waals surface area contributed by atoms with E-state index in [0.29, 0.717) is 19.3 Å². The average Bonchev–Trinajstić information content (AvgIpc) is 3.26. The smallest absolute Gasteiger partial charge is 0.306 e. The highest BCUT2D eigenvalue weighted by molar-refractivity contribution is 5.71. The summed E-state index contributed by atoms with van der Waals surface area (Å²) in [5.74, 6) is 0.820. The maximum absolute atomic E-state index is 12.8. The predicted molar refractivity (Wildman–Crippen MR) is 266 cm³/mol. The second kappa shape index (κ2) is 48.9. The lowest BCUT2D eigenvalue weighted by molar-refractivity contribution is -0.167. The van der Waals surface area contributed by atoms with Crippen LogP contribution in [0.5, 0.6) is 0 Å². The Hall–Kier alpha value is -1.59. The summed E-state index contributed by atoms with van der Waals surface area (Å²) in [6, 6.07) is 0. The van der Waals surface area contributed by atoms with Crippen molar-refractivity contribution in [1.82, 2.24) is 0 Å². The highest BCUT2D eigenvalue weighted by Crippen LogP contribution is 2.18. The molecule has 0 aliphatic rings. The van der Waals surface area contributed by atoms with Crippen molar-refractivity contribution >= 4 is 17.9 Å². The SMILES string of the molecule is CCCCCCCCCCCCCCCCCCCCCC(=O)O[C@@H](COC(=O)CCCCCCCCCCCCC(C)C)COC(=O)CCCCCCCCCCC(C)CC. The molecule has 0 radical (unpaired) electrons. The number of hydrogen-bond donors (Lipinski definition) is 0. The van der Waals surface area contributed by atoms with Gasteiger partial charge in [-0.25, -0.2) is 0 Å². The lowest BCUT2D eigenvalue weighted by atomic mass is 9.99. The van der Waals surface area contributed by atoms with Crippen molar-refractivity contribution in [1.29, 1.82) is 0 Å². The monoisotopic (exact) mass is 877 g/mol. The van der Waals surface area contributed by atoms with Gasteiger partial charge < -0.3 is 14.2 Å². The van der Waals surface area contributed by atoms with Crippen LogP contribution in [0.4, 0.5) is 0 Å². The molecular weight excluding hydrogens is 769 g/mol. The molecule has 6 heteroatoms. The topological polar surface area (TPSA) is 78.9 Å². The average molecular weight is 877 g/mol. The molecule has 0 aromatic heterocycles. The van der Waals surface area contributed by atoms with E-state index in [1.54, 1.807) is 0 Å². The van der Waals surface area contributed by atoms with Gasteiger partial charge in [0.15, 0.2) is 6.10 Å². The van der Waals surface area contributed by atoms with Crippen molar-refractivity contribution in [2.75, 3.05) is 13.2 Å². The maximum Gasteiger partial charge on any atom is 0.306 e. The Morgan fingerprint density at radius 3 is 0.919 bits per heavy atom. The fourth-order valence-electron chi connectivity index (χ4n) is 8.49. The molecule has 368 valence electrons. The molecule has 1 unspecified atom stereocenters. The normalized spacial score (nSPS) is 12.5. The summed E-state index contributed by atoms with van der Waals surface area (Å²) in [4.78, 5) is 38.0. The lowest BCUT2D eigenvalue weighted by Gasteiger charge is -2.18. The highest BCUT2D eigenvalue weighted by Gasteiger charge is 2.19. The molecule has 0 saturated heterocycles. The summed E-state index contributed by atoms with van der Waals surface area (Å²) in [5, 5.41) is 0. The number of carbonyl (C=O) groups is 3. The van der Waals surface area contributed by atoms with Gasteiger partial charge in [0.2, 0.25) is 0 Å². The Morgan fingerprint density at radius 1 is 0.339 bits per heavy atom. The fraction of sp³-hybridized carbons (Fsp3) is 0.946. The minimum absolute atomic E-state index is 0.0639. The number of carbonyl (C=O) groups excluding carboxylic acids is 3. The Morgan fingerprint density at radius 2 is 0.613 bits per heavy atom. The molecule has 6 nitrogen and oxygen atoms in total. The van der Waals surface area contributed by atoms with E-state index in [0.717, 1.165) is 69.6 Å². The molecule has 0 aliphatic carbocycles. The van der Waals surface area contributed by atoms with Gasteiger partial charge in [-0.1, -0.05) is 272 Å².